The molecule has 0 unspecified atom stereocenters. The van der Waals surface area contributed by atoms with Crippen LogP contribution < -0.4 is 9.47 Å². The maximum atomic E-state index is 6.45. The highest BCUT2D eigenvalue weighted by molar-refractivity contribution is 6.04. The minimum Gasteiger partial charge on any atom is -0.494 e. The number of quaternary nitrogens is 4. The summed E-state index contributed by atoms with van der Waals surface area (Å²) in [7, 11) is 0. The number of hydrogen-bond acceptors (Lipinski definition) is 2. The fourth-order valence-corrected chi connectivity index (χ4v) is 12.0. The van der Waals surface area contributed by atoms with Gasteiger partial charge in [-0.3, -0.25) is 0 Å². The molecule has 0 atom stereocenters. The fraction of sp³-hybridized carbons (Fsp3) is 0.618. The molecular weight excluding hydrogens is 905 g/mol. The second kappa shape index (κ2) is 33.3. The third-order valence-corrected chi connectivity index (χ3v) is 18.9. The summed E-state index contributed by atoms with van der Waals surface area (Å²) in [6.07, 6.45) is 14.4. The molecule has 0 aliphatic rings. The van der Waals surface area contributed by atoms with Gasteiger partial charge in [0.15, 0.2) is 0 Å². The molecule has 4 rings (SSSR count). The minimum absolute atomic E-state index is 0.745. The summed E-state index contributed by atoms with van der Waals surface area (Å²) in [5, 5.41) is 0. The third kappa shape index (κ3) is 18.7. The van der Waals surface area contributed by atoms with E-state index < -0.39 is 0 Å². The van der Waals surface area contributed by atoms with E-state index >= 15 is 0 Å². The van der Waals surface area contributed by atoms with Gasteiger partial charge >= 0.3 is 0 Å². The van der Waals surface area contributed by atoms with Gasteiger partial charge in [0.1, 0.15) is 11.5 Å². The van der Waals surface area contributed by atoms with Crippen LogP contribution in [-0.4, -0.2) is 136 Å². The molecule has 0 bridgehead atoms. The Labute approximate surface area is 456 Å². The zero-order chi connectivity index (χ0) is 53.7. The van der Waals surface area contributed by atoms with Gasteiger partial charge in [-0.2, -0.15) is 0 Å². The van der Waals surface area contributed by atoms with Crippen molar-refractivity contribution in [1.82, 2.24) is 0 Å². The molecule has 4 aromatic carbocycles. The maximum Gasteiger partial charge on any atom is 0.119 e. The molecule has 6 heteroatoms. The van der Waals surface area contributed by atoms with Crippen molar-refractivity contribution in [3.8, 4) is 11.5 Å². The highest BCUT2D eigenvalue weighted by Crippen LogP contribution is 2.38. The van der Waals surface area contributed by atoms with Gasteiger partial charge in [-0.1, -0.05) is 72.8 Å². The van der Waals surface area contributed by atoms with Gasteiger partial charge in [-0.25, -0.2) is 0 Å². The van der Waals surface area contributed by atoms with E-state index in [0.717, 1.165) is 50.4 Å². The first-order valence-corrected chi connectivity index (χ1v) is 30.8. The van der Waals surface area contributed by atoms with Gasteiger partial charge in [0.25, 0.3) is 0 Å². The summed E-state index contributed by atoms with van der Waals surface area (Å²) in [6, 6.07) is 37.1. The fourth-order valence-electron chi connectivity index (χ4n) is 12.0. The molecule has 0 N–H and O–H groups in total. The lowest BCUT2D eigenvalue weighted by molar-refractivity contribution is -0.923. The van der Waals surface area contributed by atoms with Gasteiger partial charge in [-0.15, -0.1) is 0 Å². The van der Waals surface area contributed by atoms with E-state index in [9.17, 15) is 0 Å². The quantitative estimate of drug-likeness (QED) is 0.0251. The zero-order valence-electron chi connectivity index (χ0n) is 50.1. The Bertz CT molecular complexity index is 1770. The van der Waals surface area contributed by atoms with Crippen LogP contribution >= 0.6 is 0 Å². The second-order valence-electron chi connectivity index (χ2n) is 22.0. The minimum atomic E-state index is 0.745. The normalized spacial score (nSPS) is 12.8. The van der Waals surface area contributed by atoms with Crippen LogP contribution in [0.4, 0.5) is 0 Å². The summed E-state index contributed by atoms with van der Waals surface area (Å²) in [4.78, 5) is 0. The van der Waals surface area contributed by atoms with Crippen LogP contribution in [0.1, 0.15) is 181 Å². The van der Waals surface area contributed by atoms with Crippen LogP contribution in [0.15, 0.2) is 97.1 Å². The van der Waals surface area contributed by atoms with Crippen molar-refractivity contribution in [3.05, 3.63) is 130 Å². The Balaban J connectivity index is 1.69. The average Bonchev–Trinajstić information content (AvgIpc) is 3.46. The number of ether oxygens (including phenoxy) is 2. The first-order valence-electron chi connectivity index (χ1n) is 30.8. The van der Waals surface area contributed by atoms with Crippen molar-refractivity contribution < 1.29 is 27.4 Å². The second-order valence-corrected chi connectivity index (χ2v) is 22.0. The van der Waals surface area contributed by atoms with Crippen molar-refractivity contribution >= 4 is 11.1 Å². The molecule has 0 heterocycles. The molecule has 74 heavy (non-hydrogen) atoms. The standard InChI is InChI=1S/C68H112N4O2/c1-13-69(14-2,15-3)53-29-25-27-35-59-37-41-61(42-38-59)67(63-45-49-65(50-46-63)73-57-33-31-55-71(19-7,20-8)21-9)68(62-43-39-60(40-44-62)36-28-26-30-54-70(16-4,17-5)18-6)64-47-51-66(52-48-64)74-58-34-32-56-72(22-10,23-11)24-12/h37-52H,13-36,53-58H2,1-12H3/q+4/b68-67+. The molecule has 4 aromatic rings. The molecular formula is C68H112N4O2+4. The summed E-state index contributed by atoms with van der Waals surface area (Å²) in [6.45, 7) is 49.3. The topological polar surface area (TPSA) is 18.5 Å². The van der Waals surface area contributed by atoms with E-state index in [-0.39, 0.29) is 0 Å². The lowest BCUT2D eigenvalue weighted by Gasteiger charge is -2.35. The van der Waals surface area contributed by atoms with Crippen LogP contribution in [0.3, 0.4) is 0 Å². The van der Waals surface area contributed by atoms with Gasteiger partial charge in [-0.05, 0) is 229 Å². The van der Waals surface area contributed by atoms with Crippen LogP contribution in [-0.2, 0) is 12.8 Å². The third-order valence-electron chi connectivity index (χ3n) is 18.9. The number of benzene rings is 4. The lowest BCUT2D eigenvalue weighted by Crippen LogP contribution is -2.48. The first kappa shape index (κ1) is 62.6. The largest absolute Gasteiger partial charge is 0.494 e. The molecule has 0 aliphatic carbocycles. The van der Waals surface area contributed by atoms with Gasteiger partial charge in [0.05, 0.1) is 118 Å². The molecule has 0 aliphatic heterocycles. The summed E-state index contributed by atoms with van der Waals surface area (Å²) in [5.41, 5.74) is 10.2. The van der Waals surface area contributed by atoms with E-state index in [4.69, 9.17) is 9.47 Å². The Morgan fingerprint density at radius 2 is 0.500 bits per heavy atom. The monoisotopic (exact) mass is 1020 g/mol. The SMILES string of the molecule is CC[N+](CC)(CC)CCCCCc1ccc(/C(=C(/c2ccc(CCCCC[N+](CC)(CC)CC)cc2)c2ccc(OCCCC[N+](CC)(CC)CC)cc2)c2ccc(OCCCC[N+](CC)(CC)CC)cc2)cc1. The van der Waals surface area contributed by atoms with Crippen LogP contribution in [0.5, 0.6) is 11.5 Å². The highest BCUT2D eigenvalue weighted by atomic mass is 16.5. The smallest absolute Gasteiger partial charge is 0.119 e. The molecule has 0 saturated carbocycles. The number of nitrogens with zero attached hydrogens (tertiary/aromatic N) is 4. The molecule has 0 amide bonds. The molecule has 6 nitrogen and oxygen atoms in total. The van der Waals surface area contributed by atoms with Crippen LogP contribution in [0, 0.1) is 0 Å². The number of rotatable bonds is 40. The van der Waals surface area contributed by atoms with Crippen LogP contribution in [0.25, 0.3) is 11.1 Å². The van der Waals surface area contributed by atoms with E-state index in [0.29, 0.717) is 0 Å². The number of unbranched alkanes of at least 4 members (excludes halogenated alkanes) is 6. The Hall–Kier alpha value is -3.94. The van der Waals surface area contributed by atoms with Crippen molar-refractivity contribution in [3.63, 3.8) is 0 Å². The number of aryl methyl sites for hydroxylation is 2. The van der Waals surface area contributed by atoms with Gasteiger partial charge in [0, 0.05) is 0 Å². The lowest BCUT2D eigenvalue weighted by atomic mass is 9.85. The van der Waals surface area contributed by atoms with Gasteiger partial charge in [0.2, 0.25) is 0 Å². The van der Waals surface area contributed by atoms with E-state index in [1.165, 1.54) is 219 Å². The van der Waals surface area contributed by atoms with Crippen molar-refractivity contribution in [2.24, 2.45) is 0 Å². The number of hydrogen-bond donors (Lipinski definition) is 0. The van der Waals surface area contributed by atoms with Crippen molar-refractivity contribution in [2.75, 3.05) is 118 Å². The highest BCUT2D eigenvalue weighted by Gasteiger charge is 2.23. The predicted octanol–water partition coefficient (Wildman–Crippen LogP) is 15.9. The maximum absolute atomic E-state index is 6.45. The summed E-state index contributed by atoms with van der Waals surface area (Å²) in [5.74, 6) is 1.89. The summed E-state index contributed by atoms with van der Waals surface area (Å²) >= 11 is 0. The molecule has 0 radical (unpaired) electrons. The molecule has 0 saturated heterocycles. The van der Waals surface area contributed by atoms with Gasteiger partial charge < -0.3 is 27.4 Å². The van der Waals surface area contributed by atoms with E-state index in [1.54, 1.807) is 0 Å². The Morgan fingerprint density at radius 3 is 0.743 bits per heavy atom. The molecule has 0 spiro atoms. The van der Waals surface area contributed by atoms with Crippen LogP contribution in [0.2, 0.25) is 0 Å². The first-order chi connectivity index (χ1) is 36.0. The van der Waals surface area contributed by atoms with Crippen molar-refractivity contribution in [1.29, 1.82) is 0 Å². The molecule has 0 aromatic heterocycles. The Kier molecular flexibility index (Phi) is 28.1. The van der Waals surface area contributed by atoms with E-state index in [2.05, 4.69) is 180 Å². The van der Waals surface area contributed by atoms with E-state index in [1.807, 2.05) is 0 Å². The summed E-state index contributed by atoms with van der Waals surface area (Å²) < 4.78 is 17.8. The van der Waals surface area contributed by atoms with Crippen molar-refractivity contribution in [2.45, 2.75) is 160 Å². The molecule has 412 valence electrons. The zero-order valence-corrected chi connectivity index (χ0v) is 50.1. The predicted molar refractivity (Wildman–Crippen MR) is 322 cm³/mol. The molecule has 0 fully saturated rings. The average molecular weight is 1020 g/mol. The Morgan fingerprint density at radius 1 is 0.270 bits per heavy atom.